The summed E-state index contributed by atoms with van der Waals surface area (Å²) in [4.78, 5) is 0. The van der Waals surface area contributed by atoms with Gasteiger partial charge in [-0.3, -0.25) is 0 Å². The molecule has 6 heteroatoms. The van der Waals surface area contributed by atoms with Crippen molar-refractivity contribution in [2.45, 2.75) is 38.5 Å². The van der Waals surface area contributed by atoms with Gasteiger partial charge in [0.25, 0.3) is 0 Å². The summed E-state index contributed by atoms with van der Waals surface area (Å²) in [6, 6.07) is 42.9. The molecule has 4 aromatic rings. The monoisotopic (exact) mass is 705 g/mol. The van der Waals surface area contributed by atoms with Crippen molar-refractivity contribution in [1.29, 1.82) is 0 Å². The van der Waals surface area contributed by atoms with Crippen LogP contribution in [-0.2, 0) is 0 Å². The van der Waals surface area contributed by atoms with Crippen LogP contribution in [0.3, 0.4) is 0 Å². The number of halogens is 1. The average Bonchev–Trinajstić information content (AvgIpc) is 3.09. The van der Waals surface area contributed by atoms with Crippen molar-refractivity contribution in [3.8, 4) is 0 Å². The predicted octanol–water partition coefficient (Wildman–Crippen LogP) is 7.26. The van der Waals surface area contributed by atoms with Crippen molar-refractivity contribution in [1.82, 2.24) is 0 Å². The van der Waals surface area contributed by atoms with E-state index in [4.69, 9.17) is 11.5 Å². The van der Waals surface area contributed by atoms with Crippen molar-refractivity contribution in [3.05, 3.63) is 120 Å². The van der Waals surface area contributed by atoms with Gasteiger partial charge in [-0.25, -0.2) is 0 Å². The zero-order valence-electron chi connectivity index (χ0n) is 27.2. The summed E-state index contributed by atoms with van der Waals surface area (Å²) < 4.78 is 2.35. The molecule has 0 radical (unpaired) electrons. The molecule has 4 N–H and O–H groups in total. The van der Waals surface area contributed by atoms with E-state index in [1.807, 2.05) is 0 Å². The van der Waals surface area contributed by atoms with Crippen LogP contribution in [0, 0.1) is 0 Å². The number of hydrogen-bond acceptors (Lipinski definition) is 2. The Morgan fingerprint density at radius 3 is 1.58 bits per heavy atom. The third kappa shape index (κ3) is 10.6. The van der Waals surface area contributed by atoms with Crippen LogP contribution in [0.25, 0.3) is 0 Å². The maximum absolute atomic E-state index is 5.93. The fourth-order valence-electron chi connectivity index (χ4n) is 6.69. The van der Waals surface area contributed by atoms with Crippen LogP contribution in [0.5, 0.6) is 0 Å². The Labute approximate surface area is 283 Å². The summed E-state index contributed by atoms with van der Waals surface area (Å²) in [5.74, 6) is 0. The molecule has 0 aliphatic carbocycles. The molecule has 0 aliphatic rings. The molecule has 0 spiro atoms. The summed E-state index contributed by atoms with van der Waals surface area (Å²) in [6.45, 7) is 5.01. The normalized spacial score (nSPS) is 13.2. The highest BCUT2D eigenvalue weighted by Crippen LogP contribution is 2.59. The van der Waals surface area contributed by atoms with Crippen molar-refractivity contribution in [2.24, 2.45) is 11.5 Å². The van der Waals surface area contributed by atoms with Gasteiger partial charge in [0.2, 0.25) is 0 Å². The Balaban J connectivity index is 1.55. The molecule has 240 valence electrons. The molecular weight excluding hydrogens is 652 g/mol. The molecule has 4 aromatic carbocycles. The molecule has 0 amide bonds. The van der Waals surface area contributed by atoms with E-state index in [0.717, 1.165) is 43.5 Å². The number of nitrogens with zero attached hydrogens (tertiary/aromatic N) is 1. The Kier molecular flexibility index (Phi) is 15.2. The van der Waals surface area contributed by atoms with Gasteiger partial charge in [-0.15, -0.1) is 0 Å². The molecule has 0 heterocycles. The summed E-state index contributed by atoms with van der Waals surface area (Å²) >= 11 is 4.02. The molecule has 0 fully saturated rings. The second kappa shape index (κ2) is 19.0. The minimum atomic E-state index is -1.65. The Morgan fingerprint density at radius 2 is 1.04 bits per heavy atom. The third-order valence-corrected chi connectivity index (χ3v) is 17.5. The molecule has 1 unspecified atom stereocenters. The van der Waals surface area contributed by atoms with Crippen LogP contribution >= 0.6 is 31.1 Å². The van der Waals surface area contributed by atoms with E-state index in [1.165, 1.54) is 71.1 Å². The third-order valence-electron chi connectivity index (χ3n) is 9.16. The van der Waals surface area contributed by atoms with E-state index in [-0.39, 0.29) is 7.92 Å². The van der Waals surface area contributed by atoms with Gasteiger partial charge in [0, 0.05) is 19.3 Å². The minimum Gasteiger partial charge on any atom is -0.330 e. The second-order valence-corrected chi connectivity index (χ2v) is 19.5. The first-order valence-electron chi connectivity index (χ1n) is 16.8. The van der Waals surface area contributed by atoms with E-state index in [9.17, 15) is 0 Å². The molecule has 0 saturated heterocycles. The molecule has 0 saturated carbocycles. The smallest absolute Gasteiger partial charge is 0.113 e. The van der Waals surface area contributed by atoms with Crippen molar-refractivity contribution >= 4 is 52.3 Å². The zero-order valence-corrected chi connectivity index (χ0v) is 30.6. The number of rotatable bonds is 20. The maximum Gasteiger partial charge on any atom is 0.113 e. The lowest BCUT2D eigenvalue weighted by atomic mass is 10.2. The molecule has 45 heavy (non-hydrogen) atoms. The fourth-order valence-corrected chi connectivity index (χ4v) is 15.0. The first kappa shape index (κ1) is 35.9. The van der Waals surface area contributed by atoms with E-state index in [2.05, 4.69) is 138 Å². The van der Waals surface area contributed by atoms with Crippen LogP contribution < -0.4 is 32.7 Å². The Bertz CT molecular complexity index is 1330. The molecule has 1 atom stereocenters. The number of hydrogen-bond donors (Lipinski definition) is 2. The number of benzene rings is 4. The summed E-state index contributed by atoms with van der Waals surface area (Å²) in [6.07, 6.45) is 10.8. The molecule has 4 rings (SSSR count). The molecule has 0 aromatic heterocycles. The van der Waals surface area contributed by atoms with Gasteiger partial charge >= 0.3 is 0 Å². The fraction of sp³-hybridized carbons (Fsp3) is 0.385. The topological polar surface area (TPSA) is 52.0 Å². The van der Waals surface area contributed by atoms with Gasteiger partial charge < -0.3 is 16.0 Å². The second-order valence-electron chi connectivity index (χ2n) is 12.5. The van der Waals surface area contributed by atoms with Gasteiger partial charge in [-0.1, -0.05) is 91.0 Å². The lowest BCUT2D eigenvalue weighted by molar-refractivity contribution is -0.910. The van der Waals surface area contributed by atoms with Crippen LogP contribution in [0.1, 0.15) is 38.5 Å². The summed E-state index contributed by atoms with van der Waals surface area (Å²) in [5.41, 5.74) is 11.9. The van der Waals surface area contributed by atoms with Crippen molar-refractivity contribution in [2.75, 3.05) is 58.3 Å². The lowest BCUT2D eigenvalue weighted by Gasteiger charge is -2.35. The van der Waals surface area contributed by atoms with Gasteiger partial charge in [0.1, 0.15) is 5.30 Å². The number of quaternary nitrogens is 1. The van der Waals surface area contributed by atoms with Gasteiger partial charge in [-0.2, -0.15) is 0 Å². The molecule has 0 aliphatic heterocycles. The number of unbranched alkanes of at least 4 members (excludes halogenated alkanes) is 2. The largest absolute Gasteiger partial charge is 0.330 e. The van der Waals surface area contributed by atoms with Crippen molar-refractivity contribution < 1.29 is 4.48 Å². The first-order chi connectivity index (χ1) is 22.0. The van der Waals surface area contributed by atoms with Crippen LogP contribution in [-0.4, -0.2) is 62.7 Å². The molecular formula is C39H54BrN3P2+2. The summed E-state index contributed by atoms with van der Waals surface area (Å²) in [5, 5.41) is 6.06. The van der Waals surface area contributed by atoms with Crippen molar-refractivity contribution in [3.63, 3.8) is 0 Å². The van der Waals surface area contributed by atoms with Gasteiger partial charge in [0.05, 0.1) is 56.0 Å². The zero-order chi connectivity index (χ0) is 31.8. The first-order valence-corrected chi connectivity index (χ1v) is 21.3. The van der Waals surface area contributed by atoms with Crippen LogP contribution in [0.15, 0.2) is 120 Å². The lowest BCUT2D eigenvalue weighted by Crippen LogP contribution is -2.47. The number of nitrogens with two attached hydrogens (primary N) is 2. The highest BCUT2D eigenvalue weighted by molar-refractivity contribution is 9.10. The van der Waals surface area contributed by atoms with Gasteiger partial charge in [0.15, 0.2) is 0 Å². The quantitative estimate of drug-likeness (QED) is 0.0578. The van der Waals surface area contributed by atoms with E-state index in [1.54, 1.807) is 5.30 Å². The highest BCUT2D eigenvalue weighted by atomic mass is 79.9. The van der Waals surface area contributed by atoms with Crippen LogP contribution in [0.2, 0.25) is 0 Å². The highest BCUT2D eigenvalue weighted by Gasteiger charge is 2.43. The maximum atomic E-state index is 5.93. The predicted molar refractivity (Wildman–Crippen MR) is 207 cm³/mol. The van der Waals surface area contributed by atoms with Gasteiger partial charge in [-0.05, 0) is 97.2 Å². The molecule has 0 bridgehead atoms. The van der Waals surface area contributed by atoms with E-state index < -0.39 is 7.26 Å². The van der Waals surface area contributed by atoms with E-state index in [0.29, 0.717) is 0 Å². The average molecular weight is 707 g/mol. The standard InChI is InChI=1S/C39H54BrN3P2/c1-43(30-17-27-41,31-18-28-42)29-13-15-33-45(37-23-9-4-10-24-37,39-26-12-11-25-38(39)40)34-16-14-32-44(35-19-5-2-6-20-35)36-21-7-3-8-22-36/h2-12,19-26H,13-18,27-34,41-42H2,1H3/q+2. The summed E-state index contributed by atoms with van der Waals surface area (Å²) in [7, 11) is 0.393. The molecule has 3 nitrogen and oxygen atoms in total. The van der Waals surface area contributed by atoms with E-state index >= 15 is 0 Å². The SMILES string of the molecule is C[N+](CCCN)(CCCN)CCCC[P+](CCCCP(c1ccccc1)c1ccccc1)(c1ccccc1)c1ccccc1Br. The minimum absolute atomic E-state index is 0.367. The van der Waals surface area contributed by atoms with Crippen LogP contribution in [0.4, 0.5) is 0 Å². The Morgan fingerprint density at radius 1 is 0.578 bits per heavy atom. The Hall–Kier alpha value is -1.90.